The van der Waals surface area contributed by atoms with E-state index in [4.69, 9.17) is 4.74 Å². The molecule has 1 aliphatic carbocycles. The average molecular weight is 341 g/mol. The fraction of sp³-hybridized carbons (Fsp3) is 0.611. The predicted molar refractivity (Wildman–Crippen MR) is 83.7 cm³/mol. The molecular weight excluding hydrogens is 319 g/mol. The average Bonchev–Trinajstić information content (AvgIpc) is 3.16. The maximum absolute atomic E-state index is 13.2. The van der Waals surface area contributed by atoms with Crippen molar-refractivity contribution in [3.63, 3.8) is 0 Å². The smallest absolute Gasteiger partial charge is 0.410 e. The summed E-state index contributed by atoms with van der Waals surface area (Å²) >= 11 is 0. The van der Waals surface area contributed by atoms with E-state index in [0.29, 0.717) is 12.1 Å². The van der Waals surface area contributed by atoms with Crippen molar-refractivity contribution in [3.05, 3.63) is 35.4 Å². The molecule has 1 unspecified atom stereocenters. The van der Waals surface area contributed by atoms with E-state index in [2.05, 4.69) is 0 Å². The van der Waals surface area contributed by atoms with E-state index in [-0.39, 0.29) is 25.0 Å². The number of nitrogens with zero attached hydrogens (tertiary/aromatic N) is 1. The molecule has 1 aromatic rings. The molecule has 1 saturated carbocycles. The van der Waals surface area contributed by atoms with Gasteiger partial charge in [-0.3, -0.25) is 0 Å². The van der Waals surface area contributed by atoms with Gasteiger partial charge in [-0.25, -0.2) is 4.79 Å². The molecule has 3 rings (SSSR count). The van der Waals surface area contributed by atoms with E-state index >= 15 is 0 Å². The Balaban J connectivity index is 1.72. The van der Waals surface area contributed by atoms with Gasteiger partial charge >= 0.3 is 12.3 Å². The third kappa shape index (κ3) is 2.98. The monoisotopic (exact) mass is 341 g/mol. The van der Waals surface area contributed by atoms with Crippen LogP contribution in [0.25, 0.3) is 0 Å². The largest absolute Gasteiger partial charge is 0.444 e. The van der Waals surface area contributed by atoms with Gasteiger partial charge in [0, 0.05) is 6.54 Å². The van der Waals surface area contributed by atoms with E-state index in [9.17, 15) is 18.0 Å². The molecule has 132 valence electrons. The molecule has 1 saturated heterocycles. The Morgan fingerprint density at radius 3 is 2.12 bits per heavy atom. The number of carbonyl (C=O) groups excluding carboxylic acids is 1. The second-order valence-electron chi connectivity index (χ2n) is 7.68. The van der Waals surface area contributed by atoms with Gasteiger partial charge in [-0.2, -0.15) is 13.2 Å². The number of benzene rings is 1. The molecule has 0 aromatic heterocycles. The van der Waals surface area contributed by atoms with Gasteiger partial charge in [-0.05, 0) is 51.2 Å². The molecule has 1 heterocycles. The van der Waals surface area contributed by atoms with Crippen LogP contribution in [0.4, 0.5) is 18.0 Å². The first-order valence-electron chi connectivity index (χ1n) is 8.20. The number of amides is 1. The van der Waals surface area contributed by atoms with E-state index in [0.717, 1.165) is 12.0 Å². The number of ether oxygens (including phenoxy) is 1. The lowest BCUT2D eigenvalue weighted by Crippen LogP contribution is -2.47. The van der Waals surface area contributed by atoms with Crippen LogP contribution in [0.1, 0.15) is 57.2 Å². The highest BCUT2D eigenvalue weighted by Crippen LogP contribution is 2.59. The second-order valence-corrected chi connectivity index (χ2v) is 7.68. The number of halogens is 3. The summed E-state index contributed by atoms with van der Waals surface area (Å²) in [5, 5.41) is 0. The van der Waals surface area contributed by atoms with Crippen molar-refractivity contribution in [2.75, 3.05) is 6.54 Å². The molecule has 0 bridgehead atoms. The summed E-state index contributed by atoms with van der Waals surface area (Å²) in [6, 6.07) is 6.42. The van der Waals surface area contributed by atoms with Gasteiger partial charge in [0.05, 0.1) is 11.5 Å². The fourth-order valence-corrected chi connectivity index (χ4v) is 3.16. The van der Waals surface area contributed by atoms with Crippen LogP contribution in [0.5, 0.6) is 0 Å². The molecular formula is C18H22F3NO2. The van der Waals surface area contributed by atoms with Crippen molar-refractivity contribution in [2.45, 2.75) is 63.3 Å². The van der Waals surface area contributed by atoms with Gasteiger partial charge in [0.25, 0.3) is 0 Å². The lowest BCUT2D eigenvalue weighted by atomic mass is 9.90. The summed E-state index contributed by atoms with van der Waals surface area (Å²) in [4.78, 5) is 13.8. The van der Waals surface area contributed by atoms with Gasteiger partial charge in [0.1, 0.15) is 5.60 Å². The van der Waals surface area contributed by atoms with Crippen LogP contribution in [0.2, 0.25) is 0 Å². The van der Waals surface area contributed by atoms with E-state index < -0.39 is 17.2 Å². The first-order chi connectivity index (χ1) is 11.0. The van der Waals surface area contributed by atoms with Gasteiger partial charge in [-0.1, -0.05) is 24.3 Å². The molecule has 0 N–H and O–H groups in total. The first kappa shape index (κ1) is 17.1. The van der Waals surface area contributed by atoms with Crippen LogP contribution in [0.15, 0.2) is 24.3 Å². The number of rotatable bonds is 2. The Morgan fingerprint density at radius 2 is 1.75 bits per heavy atom. The lowest BCUT2D eigenvalue weighted by Gasteiger charge is -2.41. The highest BCUT2D eigenvalue weighted by Gasteiger charge is 2.64. The number of likely N-dealkylation sites (tertiary alicyclic amines) is 1. The SMILES string of the molecule is CC(C)(C)OC(=O)N1CCC1c1ccc(C2(C(F)(F)F)CC2)cc1. The minimum absolute atomic E-state index is 0.116. The Labute approximate surface area is 139 Å². The fourth-order valence-electron chi connectivity index (χ4n) is 3.16. The van der Waals surface area contributed by atoms with Crippen molar-refractivity contribution in [2.24, 2.45) is 0 Å². The molecule has 24 heavy (non-hydrogen) atoms. The summed E-state index contributed by atoms with van der Waals surface area (Å²) < 4.78 is 44.9. The number of carbonyl (C=O) groups is 1. The van der Waals surface area contributed by atoms with Crippen molar-refractivity contribution in [1.82, 2.24) is 4.90 Å². The van der Waals surface area contributed by atoms with Gasteiger partial charge in [0.15, 0.2) is 0 Å². The second kappa shape index (κ2) is 5.39. The van der Waals surface area contributed by atoms with Crippen LogP contribution in [-0.4, -0.2) is 29.3 Å². The highest BCUT2D eigenvalue weighted by molar-refractivity contribution is 5.70. The molecule has 1 aromatic carbocycles. The van der Waals surface area contributed by atoms with Crippen molar-refractivity contribution < 1.29 is 22.7 Å². The van der Waals surface area contributed by atoms with Gasteiger partial charge in [-0.15, -0.1) is 0 Å². The maximum atomic E-state index is 13.2. The molecule has 0 spiro atoms. The summed E-state index contributed by atoms with van der Waals surface area (Å²) in [5.74, 6) is 0. The van der Waals surface area contributed by atoms with Crippen LogP contribution in [0, 0.1) is 0 Å². The summed E-state index contributed by atoms with van der Waals surface area (Å²) in [5.41, 5.74) is -1.04. The van der Waals surface area contributed by atoms with E-state index in [1.165, 1.54) is 0 Å². The maximum Gasteiger partial charge on any atom is 0.410 e. The molecule has 2 fully saturated rings. The Hall–Kier alpha value is -1.72. The normalized spacial score (nSPS) is 22.8. The Morgan fingerprint density at radius 1 is 1.17 bits per heavy atom. The molecule has 1 aliphatic heterocycles. The van der Waals surface area contributed by atoms with Crippen LogP contribution < -0.4 is 0 Å². The minimum Gasteiger partial charge on any atom is -0.444 e. The quantitative estimate of drug-likeness (QED) is 0.761. The minimum atomic E-state index is -4.20. The summed E-state index contributed by atoms with van der Waals surface area (Å²) in [6.07, 6.45) is -3.47. The molecule has 6 heteroatoms. The molecule has 0 radical (unpaired) electrons. The van der Waals surface area contributed by atoms with Crippen molar-refractivity contribution in [3.8, 4) is 0 Å². The van der Waals surface area contributed by atoms with Crippen LogP contribution in [0.3, 0.4) is 0 Å². The Bertz CT molecular complexity index is 627. The van der Waals surface area contributed by atoms with E-state index in [1.807, 2.05) is 0 Å². The van der Waals surface area contributed by atoms with Gasteiger partial charge in [0.2, 0.25) is 0 Å². The van der Waals surface area contributed by atoms with Crippen LogP contribution >= 0.6 is 0 Å². The summed E-state index contributed by atoms with van der Waals surface area (Å²) in [6.45, 7) is 6.02. The predicted octanol–water partition coefficient (Wildman–Crippen LogP) is 4.96. The molecule has 2 aliphatic rings. The van der Waals surface area contributed by atoms with E-state index in [1.54, 1.807) is 49.9 Å². The third-order valence-corrected chi connectivity index (χ3v) is 4.79. The zero-order valence-corrected chi connectivity index (χ0v) is 14.1. The van der Waals surface area contributed by atoms with Gasteiger partial charge < -0.3 is 9.64 Å². The molecule has 1 atom stereocenters. The highest BCUT2D eigenvalue weighted by atomic mass is 19.4. The molecule has 3 nitrogen and oxygen atoms in total. The van der Waals surface area contributed by atoms with Crippen LogP contribution in [-0.2, 0) is 10.2 Å². The number of hydrogen-bond donors (Lipinski definition) is 0. The third-order valence-electron chi connectivity index (χ3n) is 4.79. The molecule has 1 amide bonds. The zero-order chi connectivity index (χ0) is 17.8. The standard InChI is InChI=1S/C18H22F3NO2/c1-16(2,3)24-15(23)22-11-8-14(22)12-4-6-13(7-5-12)17(9-10-17)18(19,20)21/h4-7,14H,8-11H2,1-3H3. The first-order valence-corrected chi connectivity index (χ1v) is 8.20. The zero-order valence-electron chi connectivity index (χ0n) is 14.1. The number of alkyl halides is 3. The topological polar surface area (TPSA) is 29.5 Å². The van der Waals surface area contributed by atoms with Crippen molar-refractivity contribution in [1.29, 1.82) is 0 Å². The number of hydrogen-bond acceptors (Lipinski definition) is 2. The van der Waals surface area contributed by atoms with Crippen molar-refractivity contribution >= 4 is 6.09 Å². The lowest BCUT2D eigenvalue weighted by molar-refractivity contribution is -0.160. The Kier molecular flexibility index (Phi) is 3.85. The summed E-state index contributed by atoms with van der Waals surface area (Å²) in [7, 11) is 0.